The lowest BCUT2D eigenvalue weighted by Gasteiger charge is -2.27. The Morgan fingerprint density at radius 1 is 1.03 bits per heavy atom. The van der Waals surface area contributed by atoms with E-state index in [0.717, 1.165) is 17.9 Å². The van der Waals surface area contributed by atoms with Gasteiger partial charge in [-0.3, -0.25) is 4.90 Å². The van der Waals surface area contributed by atoms with Crippen molar-refractivity contribution in [3.05, 3.63) is 94.0 Å². The molecule has 0 bridgehead atoms. The lowest BCUT2D eigenvalue weighted by atomic mass is 10.00. The van der Waals surface area contributed by atoms with Crippen LogP contribution in [0.5, 0.6) is 5.75 Å². The van der Waals surface area contributed by atoms with Gasteiger partial charge in [-0.15, -0.1) is 0 Å². The summed E-state index contributed by atoms with van der Waals surface area (Å²) in [4.78, 5) is 2.05. The van der Waals surface area contributed by atoms with Crippen LogP contribution in [-0.2, 0) is 29.2 Å². The molecule has 3 aromatic rings. The largest absolute Gasteiger partial charge is 0.494 e. The highest BCUT2D eigenvalue weighted by molar-refractivity contribution is 7.90. The van der Waals surface area contributed by atoms with Gasteiger partial charge in [0.1, 0.15) is 5.75 Å². The number of nitrogens with zero attached hydrogens (tertiary/aromatic N) is 1. The molecule has 0 saturated carbocycles. The van der Waals surface area contributed by atoms with Gasteiger partial charge < -0.3 is 9.84 Å². The summed E-state index contributed by atoms with van der Waals surface area (Å²) in [6.07, 6.45) is -2.94. The average molecular weight is 570 g/mol. The molecule has 38 heavy (non-hydrogen) atoms. The zero-order valence-corrected chi connectivity index (χ0v) is 22.8. The van der Waals surface area contributed by atoms with E-state index in [9.17, 15) is 26.7 Å². The van der Waals surface area contributed by atoms with Gasteiger partial charge in [-0.05, 0) is 47.2 Å². The Labute approximate surface area is 226 Å². The van der Waals surface area contributed by atoms with Crippen LogP contribution < -0.4 is 4.74 Å². The molecule has 0 aliphatic heterocycles. The molecule has 3 aromatic carbocycles. The van der Waals surface area contributed by atoms with E-state index < -0.39 is 28.2 Å². The second kappa shape index (κ2) is 13.0. The predicted octanol–water partition coefficient (Wildman–Crippen LogP) is 6.33. The van der Waals surface area contributed by atoms with Crippen molar-refractivity contribution in [2.24, 2.45) is 0 Å². The van der Waals surface area contributed by atoms with Gasteiger partial charge in [-0.2, -0.15) is 13.2 Å². The maximum Gasteiger partial charge on any atom is 0.417 e. The van der Waals surface area contributed by atoms with Gasteiger partial charge in [-0.1, -0.05) is 67.1 Å². The molecule has 0 fully saturated rings. The van der Waals surface area contributed by atoms with Crippen molar-refractivity contribution in [2.75, 3.05) is 26.0 Å². The number of benzene rings is 3. The SMILES string of the molecule is CC(CN(CCCOc1ccc(CO)c(S(C)(=O)=O)c1)Cc1cccc(C(F)(F)F)c1Cl)c1ccccc1. The lowest BCUT2D eigenvalue weighted by Crippen LogP contribution is -2.30. The smallest absolute Gasteiger partial charge is 0.417 e. The average Bonchev–Trinajstić information content (AvgIpc) is 2.86. The number of rotatable bonds is 12. The van der Waals surface area contributed by atoms with Crippen LogP contribution in [0, 0.1) is 0 Å². The lowest BCUT2D eigenvalue weighted by molar-refractivity contribution is -0.137. The Hall–Kier alpha value is -2.59. The van der Waals surface area contributed by atoms with Crippen LogP contribution in [0.2, 0.25) is 5.02 Å². The maximum atomic E-state index is 13.4. The molecule has 1 unspecified atom stereocenters. The van der Waals surface area contributed by atoms with Crippen molar-refractivity contribution in [3.63, 3.8) is 0 Å². The third-order valence-corrected chi connectivity index (χ3v) is 7.80. The molecule has 5 nitrogen and oxygen atoms in total. The molecular formula is C28H31ClF3NO4S. The monoisotopic (exact) mass is 569 g/mol. The summed E-state index contributed by atoms with van der Waals surface area (Å²) in [6.45, 7) is 3.23. The summed E-state index contributed by atoms with van der Waals surface area (Å²) in [6, 6.07) is 18.3. The molecule has 0 radical (unpaired) electrons. The first-order valence-corrected chi connectivity index (χ1v) is 14.4. The Balaban J connectivity index is 1.72. The second-order valence-electron chi connectivity index (χ2n) is 9.23. The van der Waals surface area contributed by atoms with Gasteiger partial charge in [0, 0.05) is 25.9 Å². The normalized spacial score (nSPS) is 13.1. The Morgan fingerprint density at radius 3 is 2.37 bits per heavy atom. The molecule has 0 saturated heterocycles. The van der Waals surface area contributed by atoms with Gasteiger partial charge in [-0.25, -0.2) is 8.42 Å². The van der Waals surface area contributed by atoms with E-state index in [2.05, 4.69) is 6.92 Å². The van der Waals surface area contributed by atoms with E-state index in [0.29, 0.717) is 36.4 Å². The molecule has 1 N–H and O–H groups in total. The van der Waals surface area contributed by atoms with Gasteiger partial charge >= 0.3 is 6.18 Å². The summed E-state index contributed by atoms with van der Waals surface area (Å²) in [5.74, 6) is 0.470. The van der Waals surface area contributed by atoms with E-state index >= 15 is 0 Å². The number of aliphatic hydroxyl groups excluding tert-OH is 1. The predicted molar refractivity (Wildman–Crippen MR) is 142 cm³/mol. The van der Waals surface area contributed by atoms with Crippen molar-refractivity contribution < 1.29 is 31.4 Å². The first-order chi connectivity index (χ1) is 17.9. The molecule has 206 valence electrons. The molecule has 0 aliphatic rings. The highest BCUT2D eigenvalue weighted by atomic mass is 35.5. The molecular weight excluding hydrogens is 539 g/mol. The van der Waals surface area contributed by atoms with Crippen molar-refractivity contribution in [2.45, 2.75) is 43.5 Å². The van der Waals surface area contributed by atoms with Crippen molar-refractivity contribution >= 4 is 21.4 Å². The van der Waals surface area contributed by atoms with E-state index in [1.54, 1.807) is 12.1 Å². The zero-order valence-electron chi connectivity index (χ0n) is 21.2. The topological polar surface area (TPSA) is 66.8 Å². The first-order valence-electron chi connectivity index (χ1n) is 12.1. The number of hydrogen-bond donors (Lipinski definition) is 1. The van der Waals surface area contributed by atoms with Crippen molar-refractivity contribution in [1.82, 2.24) is 4.90 Å². The Morgan fingerprint density at radius 2 is 1.74 bits per heavy atom. The summed E-state index contributed by atoms with van der Waals surface area (Å²) in [5, 5.41) is 9.12. The summed E-state index contributed by atoms with van der Waals surface area (Å²) < 4.78 is 70.0. The minimum absolute atomic E-state index is 0.00926. The van der Waals surface area contributed by atoms with Crippen LogP contribution in [-0.4, -0.2) is 44.4 Å². The van der Waals surface area contributed by atoms with Gasteiger partial charge in [0.25, 0.3) is 0 Å². The summed E-state index contributed by atoms with van der Waals surface area (Å²) in [7, 11) is -3.55. The number of sulfone groups is 1. The zero-order chi connectivity index (χ0) is 27.9. The number of ether oxygens (including phenoxy) is 1. The number of aliphatic hydroxyl groups is 1. The molecule has 0 aromatic heterocycles. The number of alkyl halides is 3. The van der Waals surface area contributed by atoms with E-state index in [1.165, 1.54) is 18.2 Å². The highest BCUT2D eigenvalue weighted by Crippen LogP contribution is 2.36. The number of halogens is 4. The Bertz CT molecular complexity index is 1320. The molecule has 0 spiro atoms. The second-order valence-corrected chi connectivity index (χ2v) is 11.6. The van der Waals surface area contributed by atoms with Crippen LogP contribution in [0.3, 0.4) is 0 Å². The van der Waals surface area contributed by atoms with Gasteiger partial charge in [0.05, 0.1) is 28.7 Å². The van der Waals surface area contributed by atoms with Crippen molar-refractivity contribution in [1.29, 1.82) is 0 Å². The third-order valence-electron chi connectivity index (χ3n) is 6.17. The first kappa shape index (κ1) is 30.0. The molecule has 0 amide bonds. The van der Waals surface area contributed by atoms with Crippen LogP contribution >= 0.6 is 11.6 Å². The van der Waals surface area contributed by atoms with Gasteiger partial charge in [0.15, 0.2) is 9.84 Å². The van der Waals surface area contributed by atoms with E-state index in [1.807, 2.05) is 35.2 Å². The summed E-state index contributed by atoms with van der Waals surface area (Å²) in [5.41, 5.74) is 0.934. The molecule has 3 rings (SSSR count). The fraction of sp³-hybridized carbons (Fsp3) is 0.357. The quantitative estimate of drug-likeness (QED) is 0.258. The third kappa shape index (κ3) is 8.20. The Kier molecular flexibility index (Phi) is 10.2. The minimum Gasteiger partial charge on any atom is -0.494 e. The maximum absolute atomic E-state index is 13.4. The fourth-order valence-corrected chi connectivity index (χ4v) is 5.48. The molecule has 0 heterocycles. The standard InChI is InChI=1S/C28H31ClF3NO4S/c1-20(21-8-4-3-5-9-21)17-33(18-22-10-6-11-25(27(22)29)28(30,31)32)14-7-15-37-24-13-12-23(19-34)26(16-24)38(2,35)36/h3-6,8-13,16,20,34H,7,14-15,17-19H2,1-2H3. The van der Waals surface area contributed by atoms with Crippen molar-refractivity contribution in [3.8, 4) is 5.75 Å². The van der Waals surface area contributed by atoms with Crippen LogP contribution in [0.1, 0.15) is 41.5 Å². The number of hydrogen-bond acceptors (Lipinski definition) is 5. The molecule has 10 heteroatoms. The highest BCUT2D eigenvalue weighted by Gasteiger charge is 2.34. The summed E-state index contributed by atoms with van der Waals surface area (Å²) >= 11 is 6.17. The minimum atomic E-state index is -4.54. The van der Waals surface area contributed by atoms with Crippen LogP contribution in [0.25, 0.3) is 0 Å². The van der Waals surface area contributed by atoms with Crippen LogP contribution in [0.15, 0.2) is 71.6 Å². The van der Waals surface area contributed by atoms with E-state index in [4.69, 9.17) is 16.3 Å². The van der Waals surface area contributed by atoms with Gasteiger partial charge in [0.2, 0.25) is 0 Å². The fourth-order valence-electron chi connectivity index (χ4n) is 4.25. The van der Waals surface area contributed by atoms with E-state index in [-0.39, 0.29) is 29.0 Å². The molecule has 0 aliphatic carbocycles. The van der Waals surface area contributed by atoms with Crippen LogP contribution in [0.4, 0.5) is 13.2 Å². The molecule has 1 atom stereocenters.